The first-order chi connectivity index (χ1) is 7.68. The van der Waals surface area contributed by atoms with E-state index in [2.05, 4.69) is 0 Å². The molecular formula is C13H15NO2. The number of nitrogens with zero attached hydrogens (tertiary/aromatic N) is 1. The average molecular weight is 217 g/mol. The quantitative estimate of drug-likeness (QED) is 0.712. The summed E-state index contributed by atoms with van der Waals surface area (Å²) in [5.41, 5.74) is 1.22. The summed E-state index contributed by atoms with van der Waals surface area (Å²) < 4.78 is 0. The molecule has 1 amide bonds. The molecule has 1 fully saturated rings. The van der Waals surface area contributed by atoms with Crippen LogP contribution in [0.4, 0.5) is 0 Å². The highest BCUT2D eigenvalue weighted by Gasteiger charge is 2.19. The fourth-order valence-electron chi connectivity index (χ4n) is 1.97. The summed E-state index contributed by atoms with van der Waals surface area (Å²) in [7, 11) is 0. The van der Waals surface area contributed by atoms with Gasteiger partial charge in [-0.05, 0) is 31.9 Å². The van der Waals surface area contributed by atoms with Crippen molar-refractivity contribution in [1.82, 2.24) is 4.90 Å². The summed E-state index contributed by atoms with van der Waals surface area (Å²) >= 11 is 0. The highest BCUT2D eigenvalue weighted by molar-refractivity contribution is 5.99. The number of amides is 1. The molecule has 0 aromatic heterocycles. The Morgan fingerprint density at radius 1 is 1.12 bits per heavy atom. The monoisotopic (exact) mass is 217 g/mol. The Bertz CT molecular complexity index is 420. The van der Waals surface area contributed by atoms with Gasteiger partial charge in [0.25, 0.3) is 5.91 Å². The van der Waals surface area contributed by atoms with Crippen molar-refractivity contribution in [3.05, 3.63) is 35.4 Å². The molecule has 3 heteroatoms. The van der Waals surface area contributed by atoms with Crippen LogP contribution >= 0.6 is 0 Å². The molecule has 0 atom stereocenters. The maximum absolute atomic E-state index is 12.0. The van der Waals surface area contributed by atoms with Gasteiger partial charge in [0.05, 0.1) is 0 Å². The number of ketones is 1. The van der Waals surface area contributed by atoms with Crippen LogP contribution < -0.4 is 0 Å². The second-order valence-electron chi connectivity index (χ2n) is 4.14. The lowest BCUT2D eigenvalue weighted by Crippen LogP contribution is -2.27. The Hall–Kier alpha value is -1.64. The summed E-state index contributed by atoms with van der Waals surface area (Å²) in [6, 6.07) is 6.96. The molecule has 1 aromatic carbocycles. The molecule has 0 radical (unpaired) electrons. The minimum Gasteiger partial charge on any atom is -0.339 e. The lowest BCUT2D eigenvalue weighted by molar-refractivity contribution is 0.0793. The first kappa shape index (κ1) is 10.9. The van der Waals surface area contributed by atoms with Gasteiger partial charge >= 0.3 is 0 Å². The summed E-state index contributed by atoms with van der Waals surface area (Å²) in [5.74, 6) is 0.0386. The average Bonchev–Trinajstić information content (AvgIpc) is 2.81. The van der Waals surface area contributed by atoms with Gasteiger partial charge in [-0.2, -0.15) is 0 Å². The Kier molecular flexibility index (Phi) is 3.04. The van der Waals surface area contributed by atoms with Crippen LogP contribution in [0.15, 0.2) is 24.3 Å². The molecule has 1 aliphatic rings. The topological polar surface area (TPSA) is 37.4 Å². The number of likely N-dealkylation sites (tertiary alicyclic amines) is 1. The van der Waals surface area contributed by atoms with Crippen molar-refractivity contribution in [1.29, 1.82) is 0 Å². The van der Waals surface area contributed by atoms with Gasteiger partial charge < -0.3 is 4.90 Å². The van der Waals surface area contributed by atoms with Crippen LogP contribution in [0.25, 0.3) is 0 Å². The number of Topliss-reactive ketones (excluding diaryl/α,β-unsaturated/α-hetero) is 1. The highest BCUT2D eigenvalue weighted by atomic mass is 16.2. The van der Waals surface area contributed by atoms with E-state index < -0.39 is 0 Å². The van der Waals surface area contributed by atoms with Crippen molar-refractivity contribution in [2.45, 2.75) is 19.8 Å². The first-order valence-electron chi connectivity index (χ1n) is 5.59. The third kappa shape index (κ3) is 2.13. The molecule has 2 rings (SSSR count). The maximum atomic E-state index is 12.0. The molecule has 0 aliphatic carbocycles. The molecule has 0 saturated carbocycles. The molecule has 0 unspecified atom stereocenters. The fourth-order valence-corrected chi connectivity index (χ4v) is 1.97. The lowest BCUT2D eigenvalue weighted by atomic mass is 10.1. The summed E-state index contributed by atoms with van der Waals surface area (Å²) in [5, 5.41) is 0. The number of rotatable bonds is 2. The smallest absolute Gasteiger partial charge is 0.253 e. The molecule has 1 heterocycles. The maximum Gasteiger partial charge on any atom is 0.253 e. The van der Waals surface area contributed by atoms with Crippen LogP contribution in [0, 0.1) is 0 Å². The van der Waals surface area contributed by atoms with E-state index in [-0.39, 0.29) is 11.7 Å². The number of hydrogen-bond acceptors (Lipinski definition) is 2. The first-order valence-corrected chi connectivity index (χ1v) is 5.59. The summed E-state index contributed by atoms with van der Waals surface area (Å²) in [6.07, 6.45) is 2.16. The molecule has 0 N–H and O–H groups in total. The number of benzene rings is 1. The molecule has 1 saturated heterocycles. The molecule has 0 spiro atoms. The predicted molar refractivity (Wildman–Crippen MR) is 61.6 cm³/mol. The van der Waals surface area contributed by atoms with Gasteiger partial charge in [0, 0.05) is 24.2 Å². The van der Waals surface area contributed by atoms with Crippen LogP contribution in [-0.2, 0) is 0 Å². The standard InChI is InChI=1S/C13H15NO2/c1-10(15)11-5-4-6-12(9-11)13(16)14-7-2-3-8-14/h4-6,9H,2-3,7-8H2,1H3. The minimum atomic E-state index is -0.00364. The van der Waals surface area contributed by atoms with Crippen LogP contribution in [0.1, 0.15) is 40.5 Å². The predicted octanol–water partition coefficient (Wildman–Crippen LogP) is 2.13. The highest BCUT2D eigenvalue weighted by Crippen LogP contribution is 2.14. The van der Waals surface area contributed by atoms with E-state index in [0.29, 0.717) is 11.1 Å². The molecule has 16 heavy (non-hydrogen) atoms. The van der Waals surface area contributed by atoms with Crippen molar-refractivity contribution in [3.63, 3.8) is 0 Å². The number of carbonyl (C=O) groups is 2. The Labute approximate surface area is 95.1 Å². The van der Waals surface area contributed by atoms with Gasteiger partial charge in [-0.15, -0.1) is 0 Å². The van der Waals surface area contributed by atoms with Crippen molar-refractivity contribution in [2.24, 2.45) is 0 Å². The minimum absolute atomic E-state index is 0.00364. The van der Waals surface area contributed by atoms with Gasteiger partial charge in [0.2, 0.25) is 0 Å². The van der Waals surface area contributed by atoms with Crippen molar-refractivity contribution in [2.75, 3.05) is 13.1 Å². The Morgan fingerprint density at radius 3 is 2.38 bits per heavy atom. The Morgan fingerprint density at radius 2 is 1.75 bits per heavy atom. The second kappa shape index (κ2) is 4.47. The van der Waals surface area contributed by atoms with Gasteiger partial charge in [0.15, 0.2) is 5.78 Å². The molecule has 1 aliphatic heterocycles. The van der Waals surface area contributed by atoms with E-state index in [4.69, 9.17) is 0 Å². The van der Waals surface area contributed by atoms with E-state index in [1.54, 1.807) is 24.3 Å². The zero-order valence-electron chi connectivity index (χ0n) is 9.40. The van der Waals surface area contributed by atoms with E-state index in [1.807, 2.05) is 4.90 Å². The van der Waals surface area contributed by atoms with E-state index in [1.165, 1.54) is 6.92 Å². The number of hydrogen-bond donors (Lipinski definition) is 0. The molecule has 84 valence electrons. The lowest BCUT2D eigenvalue weighted by Gasteiger charge is -2.15. The van der Waals surface area contributed by atoms with Crippen LogP contribution in [0.5, 0.6) is 0 Å². The van der Waals surface area contributed by atoms with Crippen LogP contribution in [0.3, 0.4) is 0 Å². The molecular weight excluding hydrogens is 202 g/mol. The van der Waals surface area contributed by atoms with E-state index in [0.717, 1.165) is 25.9 Å². The third-order valence-electron chi connectivity index (χ3n) is 2.91. The normalized spacial score (nSPS) is 15.2. The largest absolute Gasteiger partial charge is 0.339 e. The van der Waals surface area contributed by atoms with Gasteiger partial charge in [-0.3, -0.25) is 9.59 Å². The Balaban J connectivity index is 2.22. The van der Waals surface area contributed by atoms with E-state index >= 15 is 0 Å². The van der Waals surface area contributed by atoms with Gasteiger partial charge in [-0.1, -0.05) is 12.1 Å². The van der Waals surface area contributed by atoms with Crippen molar-refractivity contribution >= 4 is 11.7 Å². The fraction of sp³-hybridized carbons (Fsp3) is 0.385. The third-order valence-corrected chi connectivity index (χ3v) is 2.91. The van der Waals surface area contributed by atoms with Gasteiger partial charge in [0.1, 0.15) is 0 Å². The summed E-state index contributed by atoms with van der Waals surface area (Å²) in [4.78, 5) is 25.1. The SMILES string of the molecule is CC(=O)c1cccc(C(=O)N2CCCC2)c1. The second-order valence-corrected chi connectivity index (χ2v) is 4.14. The summed E-state index contributed by atoms with van der Waals surface area (Å²) in [6.45, 7) is 3.19. The molecule has 1 aromatic rings. The zero-order chi connectivity index (χ0) is 11.5. The van der Waals surface area contributed by atoms with Crippen molar-refractivity contribution < 1.29 is 9.59 Å². The van der Waals surface area contributed by atoms with Gasteiger partial charge in [-0.25, -0.2) is 0 Å². The molecule has 3 nitrogen and oxygen atoms in total. The van der Waals surface area contributed by atoms with Crippen LogP contribution in [0.2, 0.25) is 0 Å². The van der Waals surface area contributed by atoms with E-state index in [9.17, 15) is 9.59 Å². The molecule has 0 bridgehead atoms. The zero-order valence-corrected chi connectivity index (χ0v) is 9.40. The van der Waals surface area contributed by atoms with Crippen molar-refractivity contribution in [3.8, 4) is 0 Å². The number of carbonyl (C=O) groups excluding carboxylic acids is 2. The van der Waals surface area contributed by atoms with Crippen LogP contribution in [-0.4, -0.2) is 29.7 Å².